The van der Waals surface area contributed by atoms with E-state index in [1.165, 1.54) is 41.2 Å². The minimum atomic E-state index is -1.81. The fraction of sp³-hybridized carbons (Fsp3) is 0.429. The molecule has 0 saturated carbocycles. The van der Waals surface area contributed by atoms with E-state index in [9.17, 15) is 19.8 Å². The number of aliphatic hydroxyl groups is 1. The van der Waals surface area contributed by atoms with Crippen LogP contribution in [0.5, 0.6) is 34.5 Å². The molecule has 0 spiro atoms. The van der Waals surface area contributed by atoms with Crippen LogP contribution in [0.15, 0.2) is 23.8 Å². The first kappa shape index (κ1) is 27.9. The first-order valence-corrected chi connectivity index (χ1v) is 12.2. The Bertz CT molecular complexity index is 1340. The van der Waals surface area contributed by atoms with Crippen LogP contribution in [0, 0.1) is 0 Å². The molecule has 1 aliphatic heterocycles. The monoisotopic (exact) mass is 544 g/mol. The van der Waals surface area contributed by atoms with E-state index < -0.39 is 29.7 Å². The number of aromatic hydroxyl groups is 1. The Labute approximate surface area is 225 Å². The number of carbonyl (C=O) groups is 2. The highest BCUT2D eigenvalue weighted by Gasteiger charge is 2.47. The second kappa shape index (κ2) is 10.6. The molecule has 11 heteroatoms. The largest absolute Gasteiger partial charge is 0.504 e. The van der Waals surface area contributed by atoms with Gasteiger partial charge < -0.3 is 43.4 Å². The van der Waals surface area contributed by atoms with E-state index in [2.05, 4.69) is 0 Å². The van der Waals surface area contributed by atoms with Crippen molar-refractivity contribution < 1.29 is 53.0 Å². The zero-order chi connectivity index (χ0) is 28.6. The molecule has 210 valence electrons. The van der Waals surface area contributed by atoms with Crippen LogP contribution in [0.2, 0.25) is 0 Å². The lowest BCUT2D eigenvalue weighted by molar-refractivity contribution is -0.169. The van der Waals surface area contributed by atoms with Crippen LogP contribution < -0.4 is 23.7 Å². The van der Waals surface area contributed by atoms with E-state index in [1.54, 1.807) is 26.0 Å². The Morgan fingerprint density at radius 2 is 1.69 bits per heavy atom. The van der Waals surface area contributed by atoms with Gasteiger partial charge in [0.1, 0.15) is 11.7 Å². The zero-order valence-corrected chi connectivity index (χ0v) is 22.9. The molecule has 2 aliphatic rings. The van der Waals surface area contributed by atoms with Crippen molar-refractivity contribution in [3.63, 3.8) is 0 Å². The average molecular weight is 545 g/mol. The molecule has 0 aromatic heterocycles. The highest BCUT2D eigenvalue weighted by atomic mass is 16.7. The Balaban J connectivity index is 2.18. The molecule has 1 heterocycles. The third-order valence-corrected chi connectivity index (χ3v) is 6.86. The molecular formula is C28H32O11. The van der Waals surface area contributed by atoms with E-state index in [1.807, 2.05) is 0 Å². The van der Waals surface area contributed by atoms with E-state index in [0.29, 0.717) is 16.9 Å². The van der Waals surface area contributed by atoms with Crippen LogP contribution in [0.3, 0.4) is 0 Å². The average Bonchev–Trinajstić information content (AvgIpc) is 3.36. The fourth-order valence-corrected chi connectivity index (χ4v) is 4.94. The van der Waals surface area contributed by atoms with Crippen molar-refractivity contribution in [2.45, 2.75) is 51.9 Å². The summed E-state index contributed by atoms with van der Waals surface area (Å²) in [6, 6.07) is 3.13. The van der Waals surface area contributed by atoms with Crippen molar-refractivity contribution in [2.75, 3.05) is 28.1 Å². The molecule has 1 aliphatic carbocycles. The minimum Gasteiger partial charge on any atom is -0.504 e. The van der Waals surface area contributed by atoms with E-state index in [4.69, 9.17) is 33.2 Å². The number of esters is 2. The third-order valence-electron chi connectivity index (χ3n) is 6.86. The Morgan fingerprint density at radius 1 is 1.00 bits per heavy atom. The molecular weight excluding hydrogens is 512 g/mol. The molecule has 39 heavy (non-hydrogen) atoms. The Kier molecular flexibility index (Phi) is 7.56. The summed E-state index contributed by atoms with van der Waals surface area (Å²) >= 11 is 0. The molecule has 3 atom stereocenters. The zero-order valence-electron chi connectivity index (χ0n) is 22.9. The van der Waals surface area contributed by atoms with Gasteiger partial charge in [0.15, 0.2) is 29.1 Å². The van der Waals surface area contributed by atoms with E-state index in [0.717, 1.165) is 0 Å². The lowest BCUT2D eigenvalue weighted by Crippen LogP contribution is -2.39. The third kappa shape index (κ3) is 4.78. The van der Waals surface area contributed by atoms with Gasteiger partial charge in [0.05, 0.1) is 21.3 Å². The van der Waals surface area contributed by atoms with E-state index in [-0.39, 0.29) is 58.7 Å². The molecule has 0 unspecified atom stereocenters. The number of rotatable bonds is 6. The minimum absolute atomic E-state index is 0.0131. The number of hydrogen-bond donors (Lipinski definition) is 2. The van der Waals surface area contributed by atoms with Gasteiger partial charge in [-0.15, -0.1) is 0 Å². The molecule has 0 radical (unpaired) electrons. The summed E-state index contributed by atoms with van der Waals surface area (Å²) in [6.45, 7) is 5.87. The lowest BCUT2D eigenvalue weighted by Gasteiger charge is -2.39. The van der Waals surface area contributed by atoms with Gasteiger partial charge in [-0.3, -0.25) is 4.79 Å². The molecule has 2 aromatic carbocycles. The quantitative estimate of drug-likeness (QED) is 0.401. The Hall–Kier alpha value is -4.12. The second-order valence-corrected chi connectivity index (χ2v) is 9.45. The molecule has 11 nitrogen and oxygen atoms in total. The molecule has 0 amide bonds. The summed E-state index contributed by atoms with van der Waals surface area (Å²) in [5.41, 5.74) is -0.563. The first-order chi connectivity index (χ1) is 18.5. The van der Waals surface area contributed by atoms with Crippen molar-refractivity contribution in [1.29, 1.82) is 0 Å². The van der Waals surface area contributed by atoms with Gasteiger partial charge in [-0.1, -0.05) is 6.08 Å². The fourth-order valence-electron chi connectivity index (χ4n) is 4.94. The molecule has 2 aromatic rings. The topological polar surface area (TPSA) is 139 Å². The maximum atomic E-state index is 13.0. The van der Waals surface area contributed by atoms with Crippen LogP contribution in [0.1, 0.15) is 57.5 Å². The van der Waals surface area contributed by atoms with Crippen LogP contribution in [0.4, 0.5) is 0 Å². The van der Waals surface area contributed by atoms with Crippen molar-refractivity contribution in [2.24, 2.45) is 0 Å². The molecule has 0 bridgehead atoms. The molecule has 2 N–H and O–H groups in total. The van der Waals surface area contributed by atoms with Crippen molar-refractivity contribution in [3.8, 4) is 45.6 Å². The molecule has 4 rings (SSSR count). The van der Waals surface area contributed by atoms with Crippen LogP contribution >= 0.6 is 0 Å². The summed E-state index contributed by atoms with van der Waals surface area (Å²) in [6.07, 6.45) is -1.04. The maximum absolute atomic E-state index is 13.0. The van der Waals surface area contributed by atoms with Gasteiger partial charge in [-0.2, -0.15) is 0 Å². The van der Waals surface area contributed by atoms with Gasteiger partial charge in [-0.25, -0.2) is 4.79 Å². The predicted molar refractivity (Wildman–Crippen MR) is 137 cm³/mol. The summed E-state index contributed by atoms with van der Waals surface area (Å²) in [5.74, 6) is -0.794. The summed E-state index contributed by atoms with van der Waals surface area (Å²) in [7, 11) is 4.16. The predicted octanol–water partition coefficient (Wildman–Crippen LogP) is 4.12. The van der Waals surface area contributed by atoms with Gasteiger partial charge in [0.25, 0.3) is 0 Å². The highest BCUT2D eigenvalue weighted by molar-refractivity contribution is 5.91. The highest BCUT2D eigenvalue weighted by Crippen LogP contribution is 2.60. The summed E-state index contributed by atoms with van der Waals surface area (Å²) < 4.78 is 39.6. The number of methoxy groups -OCH3 is 3. The smallest absolute Gasteiger partial charge is 0.334 e. The van der Waals surface area contributed by atoms with Gasteiger partial charge in [-0.05, 0) is 32.9 Å². The molecule has 0 saturated heterocycles. The number of benzene rings is 2. The van der Waals surface area contributed by atoms with Crippen LogP contribution in [-0.2, 0) is 19.1 Å². The summed E-state index contributed by atoms with van der Waals surface area (Å²) in [5, 5.41) is 23.5. The molecule has 0 fully saturated rings. The number of fused-ring (bicyclic) bond motifs is 4. The van der Waals surface area contributed by atoms with E-state index >= 15 is 0 Å². The van der Waals surface area contributed by atoms with Crippen molar-refractivity contribution in [3.05, 3.63) is 34.9 Å². The standard InChI is InChI=1S/C28H32O11/c1-8-13(2)27(31)39-26-16-10-17(33-5)23(34-6)22(30)20(16)21-15(19(38-14(3)29)11-28(26,4)32)9-18-24(25(21)35-7)37-12-36-18/h8-10,19,26,30,32H,11-12H2,1-7H3/b13-8-/t19-,26+,28+/m1/s1. The van der Waals surface area contributed by atoms with Crippen LogP contribution in [0.25, 0.3) is 11.1 Å². The first-order valence-electron chi connectivity index (χ1n) is 12.2. The van der Waals surface area contributed by atoms with Crippen molar-refractivity contribution >= 4 is 11.9 Å². The van der Waals surface area contributed by atoms with Gasteiger partial charge in [0, 0.05) is 41.2 Å². The number of hydrogen-bond acceptors (Lipinski definition) is 11. The Morgan fingerprint density at radius 3 is 2.28 bits per heavy atom. The summed E-state index contributed by atoms with van der Waals surface area (Å²) in [4.78, 5) is 25.2. The number of carbonyl (C=O) groups excluding carboxylic acids is 2. The number of phenols is 1. The maximum Gasteiger partial charge on any atom is 0.334 e. The normalized spacial score (nSPS) is 21.6. The second-order valence-electron chi connectivity index (χ2n) is 9.45. The SMILES string of the molecule is C/C=C(/C)C(=O)O[C@H]1c2cc(OC)c(OC)c(O)c2-c2c(cc3c(c2OC)OCO3)[C@H](OC(C)=O)C[C@]1(C)O. The van der Waals surface area contributed by atoms with Crippen molar-refractivity contribution in [1.82, 2.24) is 0 Å². The van der Waals surface area contributed by atoms with Gasteiger partial charge >= 0.3 is 11.9 Å². The number of allylic oxidation sites excluding steroid dienone is 1. The number of ether oxygens (including phenoxy) is 7. The number of phenolic OH excluding ortho intramolecular Hbond substituents is 1. The van der Waals surface area contributed by atoms with Gasteiger partial charge in [0.2, 0.25) is 18.3 Å². The van der Waals surface area contributed by atoms with Crippen LogP contribution in [-0.4, -0.2) is 55.9 Å². The lowest BCUT2D eigenvalue weighted by atomic mass is 9.77.